The molecular formula is C15H29N3O3. The molecule has 6 nitrogen and oxygen atoms in total. The van der Waals surface area contributed by atoms with Gasteiger partial charge in [0.05, 0.1) is 45.3 Å². The van der Waals surface area contributed by atoms with E-state index in [9.17, 15) is 0 Å². The molecule has 0 aliphatic rings. The molecule has 0 amide bonds. The van der Waals surface area contributed by atoms with Crippen molar-refractivity contribution in [3.63, 3.8) is 0 Å². The summed E-state index contributed by atoms with van der Waals surface area (Å²) >= 11 is 0. The van der Waals surface area contributed by atoms with Crippen LogP contribution in [0.4, 0.5) is 0 Å². The van der Waals surface area contributed by atoms with E-state index >= 15 is 0 Å². The van der Waals surface area contributed by atoms with Gasteiger partial charge in [0.2, 0.25) is 0 Å². The molecule has 1 rings (SSSR count). The van der Waals surface area contributed by atoms with Crippen molar-refractivity contribution in [1.29, 1.82) is 0 Å². The lowest BCUT2D eigenvalue weighted by atomic mass is 10.1. The van der Waals surface area contributed by atoms with Crippen LogP contribution in [0.2, 0.25) is 0 Å². The molecule has 0 aromatic carbocycles. The number of nitrogens with one attached hydrogen (secondary N) is 1. The Morgan fingerprint density at radius 1 is 1.10 bits per heavy atom. The molecule has 0 bridgehead atoms. The van der Waals surface area contributed by atoms with Crippen LogP contribution in [-0.2, 0) is 27.3 Å². The van der Waals surface area contributed by atoms with Gasteiger partial charge in [0.1, 0.15) is 0 Å². The lowest BCUT2D eigenvalue weighted by molar-refractivity contribution is 0.0224. The van der Waals surface area contributed by atoms with Crippen molar-refractivity contribution in [3.8, 4) is 0 Å². The van der Waals surface area contributed by atoms with Crippen LogP contribution in [0.3, 0.4) is 0 Å². The summed E-state index contributed by atoms with van der Waals surface area (Å²) in [7, 11) is 1.66. The maximum Gasteiger partial charge on any atom is 0.0701 e. The molecule has 21 heavy (non-hydrogen) atoms. The van der Waals surface area contributed by atoms with Crippen molar-refractivity contribution in [2.24, 2.45) is 0 Å². The van der Waals surface area contributed by atoms with Crippen LogP contribution in [0.1, 0.15) is 26.5 Å². The molecule has 0 spiro atoms. The second kappa shape index (κ2) is 9.89. The number of nitrogens with zero attached hydrogens (tertiary/aromatic N) is 2. The van der Waals surface area contributed by atoms with Crippen molar-refractivity contribution in [2.45, 2.75) is 39.4 Å². The van der Waals surface area contributed by atoms with Gasteiger partial charge in [0.25, 0.3) is 0 Å². The zero-order valence-electron chi connectivity index (χ0n) is 13.7. The number of aromatic nitrogens is 2. The molecule has 1 aromatic heterocycles. The van der Waals surface area contributed by atoms with Crippen molar-refractivity contribution >= 4 is 0 Å². The number of ether oxygens (including phenoxy) is 3. The van der Waals surface area contributed by atoms with E-state index in [4.69, 9.17) is 14.2 Å². The predicted octanol–water partition coefficient (Wildman–Crippen LogP) is 1.45. The maximum absolute atomic E-state index is 5.54. The van der Waals surface area contributed by atoms with E-state index in [1.165, 1.54) is 5.69 Å². The first-order valence-electron chi connectivity index (χ1n) is 7.43. The Morgan fingerprint density at radius 2 is 1.76 bits per heavy atom. The molecule has 0 unspecified atom stereocenters. The van der Waals surface area contributed by atoms with E-state index in [0.717, 1.165) is 13.1 Å². The van der Waals surface area contributed by atoms with E-state index in [1.807, 2.05) is 16.9 Å². The first-order valence-corrected chi connectivity index (χ1v) is 7.43. The maximum atomic E-state index is 5.54. The highest BCUT2D eigenvalue weighted by atomic mass is 16.5. The third-order valence-corrected chi connectivity index (χ3v) is 2.86. The highest BCUT2D eigenvalue weighted by Crippen LogP contribution is 2.04. The minimum absolute atomic E-state index is 0.102. The summed E-state index contributed by atoms with van der Waals surface area (Å²) < 4.78 is 17.7. The molecule has 0 saturated heterocycles. The molecule has 0 atom stereocenters. The summed E-state index contributed by atoms with van der Waals surface area (Å²) in [4.78, 5) is 0. The predicted molar refractivity (Wildman–Crippen MR) is 82.3 cm³/mol. The van der Waals surface area contributed by atoms with Gasteiger partial charge < -0.3 is 19.5 Å². The summed E-state index contributed by atoms with van der Waals surface area (Å²) in [5, 5.41) is 7.79. The second-order valence-corrected chi connectivity index (χ2v) is 5.87. The summed E-state index contributed by atoms with van der Waals surface area (Å²) in [6, 6.07) is 2.03. The lowest BCUT2D eigenvalue weighted by Crippen LogP contribution is -2.35. The van der Waals surface area contributed by atoms with Crippen molar-refractivity contribution in [3.05, 3.63) is 18.0 Å². The summed E-state index contributed by atoms with van der Waals surface area (Å²) in [5.41, 5.74) is 1.27. The Kier molecular flexibility index (Phi) is 8.52. The first-order chi connectivity index (χ1) is 10.0. The van der Waals surface area contributed by atoms with E-state index in [2.05, 4.69) is 31.2 Å². The fourth-order valence-electron chi connectivity index (χ4n) is 1.68. The van der Waals surface area contributed by atoms with Gasteiger partial charge in [-0.15, -0.1) is 0 Å². The Hall–Kier alpha value is -0.950. The Morgan fingerprint density at radius 3 is 2.43 bits per heavy atom. The zero-order valence-corrected chi connectivity index (χ0v) is 13.7. The fourth-order valence-corrected chi connectivity index (χ4v) is 1.68. The normalized spacial score (nSPS) is 12.0. The van der Waals surface area contributed by atoms with Crippen LogP contribution in [0.15, 0.2) is 12.3 Å². The van der Waals surface area contributed by atoms with Gasteiger partial charge >= 0.3 is 0 Å². The van der Waals surface area contributed by atoms with Gasteiger partial charge in [-0.05, 0) is 26.8 Å². The first kappa shape index (κ1) is 18.1. The van der Waals surface area contributed by atoms with Crippen molar-refractivity contribution in [2.75, 3.05) is 40.1 Å². The molecule has 1 heterocycles. The highest BCUT2D eigenvalue weighted by Gasteiger charge is 2.10. The molecular weight excluding hydrogens is 270 g/mol. The Balaban J connectivity index is 2.14. The molecule has 0 saturated carbocycles. The largest absolute Gasteiger partial charge is 0.382 e. The monoisotopic (exact) mass is 299 g/mol. The van der Waals surface area contributed by atoms with Crippen LogP contribution >= 0.6 is 0 Å². The van der Waals surface area contributed by atoms with Crippen molar-refractivity contribution < 1.29 is 14.2 Å². The smallest absolute Gasteiger partial charge is 0.0701 e. The van der Waals surface area contributed by atoms with Gasteiger partial charge in [0.15, 0.2) is 0 Å². The van der Waals surface area contributed by atoms with Gasteiger partial charge in [0, 0.05) is 25.4 Å². The summed E-state index contributed by atoms with van der Waals surface area (Å²) in [6.07, 6.45) is 1.83. The van der Waals surface area contributed by atoms with Crippen LogP contribution in [0.25, 0.3) is 0 Å². The lowest BCUT2D eigenvalue weighted by Gasteiger charge is -2.20. The van der Waals surface area contributed by atoms with Gasteiger partial charge in [-0.2, -0.15) is 5.10 Å². The van der Waals surface area contributed by atoms with Crippen LogP contribution in [-0.4, -0.2) is 55.5 Å². The van der Waals surface area contributed by atoms with E-state index in [1.54, 1.807) is 7.11 Å². The molecule has 1 aromatic rings. The number of hydrogen-bond acceptors (Lipinski definition) is 5. The van der Waals surface area contributed by atoms with Crippen LogP contribution in [0.5, 0.6) is 0 Å². The van der Waals surface area contributed by atoms with E-state index in [0.29, 0.717) is 33.0 Å². The Bertz CT molecular complexity index is 374. The third-order valence-electron chi connectivity index (χ3n) is 2.86. The fraction of sp³-hybridized carbons (Fsp3) is 0.800. The standard InChI is InChI=1S/C15H29N3O3/c1-15(2,3)16-13-14-5-6-17-18(14)7-8-20-11-12-21-10-9-19-4/h5-6,16H,7-13H2,1-4H3. The minimum Gasteiger partial charge on any atom is -0.382 e. The molecule has 122 valence electrons. The number of rotatable bonds is 11. The number of hydrogen-bond donors (Lipinski definition) is 1. The van der Waals surface area contributed by atoms with Gasteiger partial charge in [-0.3, -0.25) is 4.68 Å². The molecule has 0 aliphatic carbocycles. The van der Waals surface area contributed by atoms with Crippen molar-refractivity contribution in [1.82, 2.24) is 15.1 Å². The highest BCUT2D eigenvalue weighted by molar-refractivity contribution is 5.00. The third kappa shape index (κ3) is 8.83. The van der Waals surface area contributed by atoms with Gasteiger partial charge in [-0.1, -0.05) is 0 Å². The minimum atomic E-state index is 0.102. The average molecular weight is 299 g/mol. The molecule has 0 radical (unpaired) electrons. The summed E-state index contributed by atoms with van der Waals surface area (Å²) in [5.74, 6) is 0. The Labute approximate surface area is 127 Å². The van der Waals surface area contributed by atoms with Gasteiger partial charge in [-0.25, -0.2) is 0 Å². The molecule has 0 aliphatic heterocycles. The zero-order chi connectivity index (χ0) is 15.6. The van der Waals surface area contributed by atoms with E-state index < -0.39 is 0 Å². The molecule has 0 fully saturated rings. The SMILES string of the molecule is COCCOCCOCCn1nccc1CNC(C)(C)C. The van der Waals surface area contributed by atoms with Crippen LogP contribution < -0.4 is 5.32 Å². The second-order valence-electron chi connectivity index (χ2n) is 5.87. The number of methoxy groups -OCH3 is 1. The quantitative estimate of drug-likeness (QED) is 0.627. The molecule has 1 N–H and O–H groups in total. The average Bonchev–Trinajstić information content (AvgIpc) is 2.86. The summed E-state index contributed by atoms with van der Waals surface area (Å²) in [6.45, 7) is 11.1. The van der Waals surface area contributed by atoms with E-state index in [-0.39, 0.29) is 5.54 Å². The van der Waals surface area contributed by atoms with Crippen LogP contribution in [0, 0.1) is 0 Å². The molecule has 6 heteroatoms. The topological polar surface area (TPSA) is 57.5 Å².